The van der Waals surface area contributed by atoms with Gasteiger partial charge in [0.2, 0.25) is 0 Å². The van der Waals surface area contributed by atoms with Crippen molar-refractivity contribution in [2.24, 2.45) is 0 Å². The molecule has 0 aliphatic heterocycles. The molecule has 0 amide bonds. The van der Waals surface area contributed by atoms with E-state index in [1.807, 2.05) is 0 Å². The summed E-state index contributed by atoms with van der Waals surface area (Å²) in [6.07, 6.45) is 2.53. The maximum atomic E-state index is 11.0. The van der Waals surface area contributed by atoms with Gasteiger partial charge in [0, 0.05) is 26.0 Å². The van der Waals surface area contributed by atoms with Gasteiger partial charge in [-0.15, -0.1) is 0 Å². The highest BCUT2D eigenvalue weighted by Crippen LogP contribution is 2.16. The predicted molar refractivity (Wildman–Crippen MR) is 64.2 cm³/mol. The minimum atomic E-state index is -3.07. The third-order valence-electron chi connectivity index (χ3n) is 2.20. The molecule has 17 heavy (non-hydrogen) atoms. The third-order valence-corrected chi connectivity index (χ3v) is 3.12. The van der Waals surface area contributed by atoms with Crippen molar-refractivity contribution in [2.75, 3.05) is 30.5 Å². The molecule has 0 fully saturated rings. The maximum Gasteiger partial charge on any atom is 0.356 e. The molecular formula is C10H14N2O4S. The summed E-state index contributed by atoms with van der Waals surface area (Å²) in [4.78, 5) is 16.2. The first-order valence-electron chi connectivity index (χ1n) is 4.88. The van der Waals surface area contributed by atoms with Gasteiger partial charge in [-0.1, -0.05) is 0 Å². The number of sulfone groups is 1. The van der Waals surface area contributed by atoms with Crippen LogP contribution < -0.4 is 4.90 Å². The fourth-order valence-corrected chi connectivity index (χ4v) is 1.90. The summed E-state index contributed by atoms with van der Waals surface area (Å²) < 4.78 is 22.1. The molecule has 94 valence electrons. The lowest BCUT2D eigenvalue weighted by atomic mass is 10.2. The molecule has 1 aromatic rings. The Kier molecular flexibility index (Phi) is 4.06. The van der Waals surface area contributed by atoms with E-state index in [0.717, 1.165) is 6.26 Å². The van der Waals surface area contributed by atoms with E-state index in [4.69, 9.17) is 5.11 Å². The lowest BCUT2D eigenvalue weighted by molar-refractivity contribution is 0.0691. The van der Waals surface area contributed by atoms with Crippen LogP contribution in [0.4, 0.5) is 5.69 Å². The largest absolute Gasteiger partial charge is 0.476 e. The number of hydrogen-bond donors (Lipinski definition) is 1. The van der Waals surface area contributed by atoms with Gasteiger partial charge in [0.1, 0.15) is 9.84 Å². The zero-order chi connectivity index (χ0) is 13.1. The van der Waals surface area contributed by atoms with Gasteiger partial charge in [-0.05, 0) is 12.1 Å². The first-order chi connectivity index (χ1) is 7.81. The average Bonchev–Trinajstić information content (AvgIpc) is 2.25. The van der Waals surface area contributed by atoms with Crippen molar-refractivity contribution in [3.63, 3.8) is 0 Å². The van der Waals surface area contributed by atoms with Gasteiger partial charge in [-0.2, -0.15) is 0 Å². The molecule has 1 heterocycles. The highest BCUT2D eigenvalue weighted by molar-refractivity contribution is 7.90. The van der Waals surface area contributed by atoms with Gasteiger partial charge < -0.3 is 10.0 Å². The fourth-order valence-electron chi connectivity index (χ4n) is 1.29. The summed E-state index contributed by atoms with van der Waals surface area (Å²) in [5.41, 5.74) is 0.326. The molecule has 1 N–H and O–H groups in total. The van der Waals surface area contributed by atoms with E-state index in [0.29, 0.717) is 5.69 Å². The number of carboxylic acids is 1. The van der Waals surface area contributed by atoms with E-state index < -0.39 is 15.8 Å². The Labute approximate surface area is 99.8 Å². The Hall–Kier alpha value is -1.63. The lowest BCUT2D eigenvalue weighted by Crippen LogP contribution is -2.26. The zero-order valence-electron chi connectivity index (χ0n) is 9.62. The van der Waals surface area contributed by atoms with Crippen LogP contribution in [0, 0.1) is 0 Å². The molecule has 0 saturated carbocycles. The van der Waals surface area contributed by atoms with Crippen molar-refractivity contribution < 1.29 is 18.3 Å². The molecule has 0 atom stereocenters. The van der Waals surface area contributed by atoms with Gasteiger partial charge in [-0.3, -0.25) is 0 Å². The number of rotatable bonds is 5. The summed E-state index contributed by atoms with van der Waals surface area (Å²) in [5, 5.41) is 8.94. The van der Waals surface area contributed by atoms with Crippen LogP contribution >= 0.6 is 0 Å². The lowest BCUT2D eigenvalue weighted by Gasteiger charge is -2.19. The normalized spacial score (nSPS) is 11.2. The van der Waals surface area contributed by atoms with Crippen LogP contribution in [0.1, 0.15) is 10.5 Å². The molecular weight excluding hydrogens is 244 g/mol. The summed E-state index contributed by atoms with van der Waals surface area (Å²) in [5.74, 6) is -1.16. The van der Waals surface area contributed by atoms with Crippen LogP contribution in [0.2, 0.25) is 0 Å². The van der Waals surface area contributed by atoms with Gasteiger partial charge in [0.05, 0.1) is 11.4 Å². The Bertz CT molecular complexity index is 513. The van der Waals surface area contributed by atoms with Crippen LogP contribution in [0.15, 0.2) is 18.3 Å². The SMILES string of the molecule is CN(CCS(C)(=O)=O)c1cccnc1C(=O)O. The number of pyridine rings is 1. The Morgan fingerprint density at radius 1 is 1.53 bits per heavy atom. The molecule has 0 saturated heterocycles. The van der Waals surface area contributed by atoms with Crippen LogP contribution in [-0.4, -0.2) is 50.1 Å². The number of nitrogens with zero attached hydrogens (tertiary/aromatic N) is 2. The molecule has 0 bridgehead atoms. The summed E-state index contributed by atoms with van der Waals surface area (Å²) in [6, 6.07) is 3.21. The van der Waals surface area contributed by atoms with Crippen molar-refractivity contribution in [2.45, 2.75) is 0 Å². The number of anilines is 1. The Morgan fingerprint density at radius 3 is 2.71 bits per heavy atom. The smallest absolute Gasteiger partial charge is 0.356 e. The highest BCUT2D eigenvalue weighted by Gasteiger charge is 2.15. The molecule has 0 aromatic carbocycles. The number of hydrogen-bond acceptors (Lipinski definition) is 5. The van der Waals surface area contributed by atoms with Crippen molar-refractivity contribution >= 4 is 21.5 Å². The average molecular weight is 258 g/mol. The minimum Gasteiger partial charge on any atom is -0.476 e. The number of carboxylic acid groups (broad SMARTS) is 1. The molecule has 1 aromatic heterocycles. The quantitative estimate of drug-likeness (QED) is 0.815. The molecule has 0 spiro atoms. The van der Waals surface area contributed by atoms with Crippen LogP contribution in [0.25, 0.3) is 0 Å². The number of aromatic carboxylic acids is 1. The first-order valence-corrected chi connectivity index (χ1v) is 6.94. The fraction of sp³-hybridized carbons (Fsp3) is 0.400. The van der Waals surface area contributed by atoms with E-state index in [-0.39, 0.29) is 18.0 Å². The second-order valence-electron chi connectivity index (χ2n) is 3.73. The number of carbonyl (C=O) groups is 1. The minimum absolute atomic E-state index is 0.0303. The first kappa shape index (κ1) is 13.4. The molecule has 0 aliphatic rings. The molecule has 1 rings (SSSR count). The molecule has 0 radical (unpaired) electrons. The molecule has 6 nitrogen and oxygen atoms in total. The van der Waals surface area contributed by atoms with Crippen molar-refractivity contribution in [1.29, 1.82) is 0 Å². The predicted octanol–water partition coefficient (Wildman–Crippen LogP) is 0.261. The molecule has 0 aliphatic carbocycles. The van der Waals surface area contributed by atoms with E-state index in [9.17, 15) is 13.2 Å². The number of aromatic nitrogens is 1. The summed E-state index contributed by atoms with van der Waals surface area (Å²) in [7, 11) is -1.44. The Morgan fingerprint density at radius 2 is 2.18 bits per heavy atom. The highest BCUT2D eigenvalue weighted by atomic mass is 32.2. The van der Waals surface area contributed by atoms with Crippen molar-refractivity contribution in [1.82, 2.24) is 4.98 Å². The second-order valence-corrected chi connectivity index (χ2v) is 5.99. The monoisotopic (exact) mass is 258 g/mol. The maximum absolute atomic E-state index is 11.0. The second kappa shape index (κ2) is 5.13. The summed E-state index contributed by atoms with van der Waals surface area (Å²) >= 11 is 0. The van der Waals surface area contributed by atoms with Crippen molar-refractivity contribution in [3.05, 3.63) is 24.0 Å². The van der Waals surface area contributed by atoms with Crippen LogP contribution in [0.5, 0.6) is 0 Å². The van der Waals surface area contributed by atoms with E-state index >= 15 is 0 Å². The summed E-state index contributed by atoms with van der Waals surface area (Å²) in [6.45, 7) is 0.227. The van der Waals surface area contributed by atoms with Gasteiger partial charge in [0.25, 0.3) is 0 Å². The standard InChI is InChI=1S/C10H14N2O4S/c1-12(6-7-17(2,15)16)8-4-3-5-11-9(8)10(13)14/h3-5H,6-7H2,1-2H3,(H,13,14). The Balaban J connectivity index is 2.89. The van der Waals surface area contributed by atoms with E-state index in [1.54, 1.807) is 24.1 Å². The van der Waals surface area contributed by atoms with Gasteiger partial charge in [-0.25, -0.2) is 18.2 Å². The van der Waals surface area contributed by atoms with Gasteiger partial charge >= 0.3 is 5.97 Å². The molecule has 7 heteroatoms. The van der Waals surface area contributed by atoms with Gasteiger partial charge in [0.15, 0.2) is 5.69 Å². The van der Waals surface area contributed by atoms with Crippen LogP contribution in [0.3, 0.4) is 0 Å². The van der Waals surface area contributed by atoms with Crippen LogP contribution in [-0.2, 0) is 9.84 Å². The topological polar surface area (TPSA) is 87.6 Å². The van der Waals surface area contributed by atoms with Crippen molar-refractivity contribution in [3.8, 4) is 0 Å². The van der Waals surface area contributed by atoms with E-state index in [1.165, 1.54) is 6.20 Å². The third kappa shape index (κ3) is 4.03. The van der Waals surface area contributed by atoms with E-state index in [2.05, 4.69) is 4.98 Å². The zero-order valence-corrected chi connectivity index (χ0v) is 10.4. The molecule has 0 unspecified atom stereocenters.